The number of aromatic amines is 1. The van der Waals surface area contributed by atoms with Gasteiger partial charge in [-0.05, 0) is 19.1 Å². The number of phenols is 2. The number of aromatic nitrogens is 2. The van der Waals surface area contributed by atoms with Crippen LogP contribution in [0.2, 0.25) is 0 Å². The van der Waals surface area contributed by atoms with Crippen LogP contribution in [0.15, 0.2) is 48.5 Å². The molecular weight excluding hydrogens is 252 g/mol. The van der Waals surface area contributed by atoms with Gasteiger partial charge < -0.3 is 15.2 Å². The van der Waals surface area contributed by atoms with Crippen molar-refractivity contribution in [3.05, 3.63) is 54.2 Å². The van der Waals surface area contributed by atoms with E-state index < -0.39 is 0 Å². The Morgan fingerprint density at radius 3 is 2.20 bits per heavy atom. The molecule has 4 nitrogen and oxygen atoms in total. The summed E-state index contributed by atoms with van der Waals surface area (Å²) in [6.45, 7) is 1.86. The van der Waals surface area contributed by atoms with E-state index in [-0.39, 0.29) is 11.5 Å². The molecule has 0 spiro atoms. The van der Waals surface area contributed by atoms with Gasteiger partial charge in [-0.1, -0.05) is 36.4 Å². The maximum Gasteiger partial charge on any atom is 0.138 e. The predicted octanol–water partition coefficient (Wildman–Crippen LogP) is 3.46. The molecular formula is C16H14N2O2. The average molecular weight is 266 g/mol. The van der Waals surface area contributed by atoms with Crippen molar-refractivity contribution < 1.29 is 10.2 Å². The van der Waals surface area contributed by atoms with Crippen LogP contribution in [-0.4, -0.2) is 20.2 Å². The monoisotopic (exact) mass is 266 g/mol. The van der Waals surface area contributed by atoms with E-state index in [0.29, 0.717) is 17.1 Å². The molecule has 0 saturated heterocycles. The highest BCUT2D eigenvalue weighted by atomic mass is 16.3. The van der Waals surface area contributed by atoms with Crippen molar-refractivity contribution in [2.24, 2.45) is 0 Å². The number of aromatic hydroxyl groups is 2. The number of benzene rings is 2. The van der Waals surface area contributed by atoms with Gasteiger partial charge in [-0.2, -0.15) is 0 Å². The fraction of sp³-hybridized carbons (Fsp3) is 0.0625. The molecule has 0 aliphatic carbocycles. The van der Waals surface area contributed by atoms with Gasteiger partial charge in [0.15, 0.2) is 0 Å². The van der Waals surface area contributed by atoms with E-state index in [1.807, 2.05) is 37.3 Å². The number of H-pyrrole nitrogens is 1. The SMILES string of the molecule is Cc1[nH]c(-c2ccccc2)nc1-c1c(O)cccc1O. The van der Waals surface area contributed by atoms with E-state index in [1.54, 1.807) is 6.07 Å². The van der Waals surface area contributed by atoms with Gasteiger partial charge in [0.25, 0.3) is 0 Å². The van der Waals surface area contributed by atoms with Crippen molar-refractivity contribution in [3.8, 4) is 34.1 Å². The van der Waals surface area contributed by atoms with Gasteiger partial charge in [0.1, 0.15) is 17.3 Å². The van der Waals surface area contributed by atoms with Crippen LogP contribution in [0.1, 0.15) is 5.69 Å². The Morgan fingerprint density at radius 2 is 1.55 bits per heavy atom. The summed E-state index contributed by atoms with van der Waals surface area (Å²) in [5, 5.41) is 19.9. The van der Waals surface area contributed by atoms with E-state index in [2.05, 4.69) is 9.97 Å². The van der Waals surface area contributed by atoms with Crippen LogP contribution in [0.4, 0.5) is 0 Å². The Kier molecular flexibility index (Phi) is 2.91. The average Bonchev–Trinajstić information content (AvgIpc) is 2.82. The Balaban J connectivity index is 2.15. The third-order valence-corrected chi connectivity index (χ3v) is 3.19. The Labute approximate surface area is 116 Å². The molecule has 3 N–H and O–H groups in total. The topological polar surface area (TPSA) is 69.1 Å². The quantitative estimate of drug-likeness (QED) is 0.665. The predicted molar refractivity (Wildman–Crippen MR) is 77.5 cm³/mol. The maximum atomic E-state index is 9.94. The van der Waals surface area contributed by atoms with Crippen molar-refractivity contribution in [2.45, 2.75) is 6.92 Å². The maximum absolute atomic E-state index is 9.94. The zero-order chi connectivity index (χ0) is 14.1. The van der Waals surface area contributed by atoms with Crippen LogP contribution in [-0.2, 0) is 0 Å². The number of nitrogens with one attached hydrogen (secondary N) is 1. The van der Waals surface area contributed by atoms with E-state index in [0.717, 1.165) is 11.3 Å². The first-order chi connectivity index (χ1) is 9.66. The normalized spacial score (nSPS) is 10.7. The van der Waals surface area contributed by atoms with Crippen LogP contribution in [0.5, 0.6) is 11.5 Å². The van der Waals surface area contributed by atoms with Crippen molar-refractivity contribution in [3.63, 3.8) is 0 Å². The molecule has 0 atom stereocenters. The van der Waals surface area contributed by atoms with Crippen LogP contribution in [0, 0.1) is 6.92 Å². The van der Waals surface area contributed by atoms with Crippen LogP contribution < -0.4 is 0 Å². The Bertz CT molecular complexity index is 728. The fourth-order valence-electron chi connectivity index (χ4n) is 2.21. The fourth-order valence-corrected chi connectivity index (χ4v) is 2.21. The summed E-state index contributed by atoms with van der Waals surface area (Å²) in [7, 11) is 0. The number of aryl methyl sites for hydroxylation is 1. The molecule has 1 heterocycles. The highest BCUT2D eigenvalue weighted by molar-refractivity contribution is 5.77. The first-order valence-electron chi connectivity index (χ1n) is 6.30. The van der Waals surface area contributed by atoms with E-state index in [9.17, 15) is 10.2 Å². The van der Waals surface area contributed by atoms with Crippen LogP contribution >= 0.6 is 0 Å². The first kappa shape index (κ1) is 12.3. The van der Waals surface area contributed by atoms with E-state index >= 15 is 0 Å². The third-order valence-electron chi connectivity index (χ3n) is 3.19. The lowest BCUT2D eigenvalue weighted by Crippen LogP contribution is -1.84. The highest BCUT2D eigenvalue weighted by Gasteiger charge is 2.16. The molecule has 0 radical (unpaired) electrons. The van der Waals surface area contributed by atoms with Gasteiger partial charge >= 0.3 is 0 Å². The van der Waals surface area contributed by atoms with Crippen molar-refractivity contribution in [2.75, 3.05) is 0 Å². The molecule has 1 aromatic heterocycles. The number of nitrogens with zero attached hydrogens (tertiary/aromatic N) is 1. The van der Waals surface area contributed by atoms with Gasteiger partial charge in [-0.15, -0.1) is 0 Å². The van der Waals surface area contributed by atoms with Gasteiger partial charge in [-0.25, -0.2) is 4.98 Å². The number of hydrogen-bond acceptors (Lipinski definition) is 3. The zero-order valence-electron chi connectivity index (χ0n) is 11.0. The molecule has 0 unspecified atom stereocenters. The molecule has 0 saturated carbocycles. The van der Waals surface area contributed by atoms with Gasteiger partial charge in [0.2, 0.25) is 0 Å². The van der Waals surface area contributed by atoms with Crippen molar-refractivity contribution in [1.82, 2.24) is 9.97 Å². The standard InChI is InChI=1S/C16H14N2O2/c1-10-15(14-12(19)8-5-9-13(14)20)18-16(17-10)11-6-3-2-4-7-11/h2-9,19-20H,1H3,(H,17,18). The lowest BCUT2D eigenvalue weighted by Gasteiger charge is -2.04. The summed E-state index contributed by atoms with van der Waals surface area (Å²) in [6.07, 6.45) is 0. The summed E-state index contributed by atoms with van der Waals surface area (Å²) in [5.74, 6) is 0.735. The number of rotatable bonds is 2. The Hall–Kier alpha value is -2.75. The number of phenolic OH excluding ortho intramolecular Hbond substituents is 2. The van der Waals surface area contributed by atoms with Crippen molar-refractivity contribution >= 4 is 0 Å². The van der Waals surface area contributed by atoms with Crippen molar-refractivity contribution in [1.29, 1.82) is 0 Å². The van der Waals surface area contributed by atoms with Crippen LogP contribution in [0.25, 0.3) is 22.6 Å². The summed E-state index contributed by atoms with van der Waals surface area (Å²) in [4.78, 5) is 7.68. The summed E-state index contributed by atoms with van der Waals surface area (Å²) in [6, 6.07) is 14.4. The van der Waals surface area contributed by atoms with E-state index in [1.165, 1.54) is 12.1 Å². The second-order valence-corrected chi connectivity index (χ2v) is 4.60. The second kappa shape index (κ2) is 4.74. The molecule has 100 valence electrons. The molecule has 0 aliphatic rings. The molecule has 0 bridgehead atoms. The highest BCUT2D eigenvalue weighted by Crippen LogP contribution is 2.38. The lowest BCUT2D eigenvalue weighted by atomic mass is 10.1. The Morgan fingerprint density at radius 1 is 0.900 bits per heavy atom. The minimum Gasteiger partial charge on any atom is -0.507 e. The molecule has 3 aromatic rings. The number of imidazole rings is 1. The molecule has 20 heavy (non-hydrogen) atoms. The summed E-state index contributed by atoms with van der Waals surface area (Å²) < 4.78 is 0. The minimum atomic E-state index is 0.0132. The third kappa shape index (κ3) is 2.01. The molecule has 2 aromatic carbocycles. The first-order valence-corrected chi connectivity index (χ1v) is 6.30. The molecule has 0 aliphatic heterocycles. The smallest absolute Gasteiger partial charge is 0.138 e. The van der Waals surface area contributed by atoms with Gasteiger partial charge in [0.05, 0.1) is 11.3 Å². The minimum absolute atomic E-state index is 0.0132. The van der Waals surface area contributed by atoms with Crippen LogP contribution in [0.3, 0.4) is 0 Å². The lowest BCUT2D eigenvalue weighted by molar-refractivity contribution is 0.454. The molecule has 4 heteroatoms. The summed E-state index contributed by atoms with van der Waals surface area (Å²) >= 11 is 0. The molecule has 0 fully saturated rings. The van der Waals surface area contributed by atoms with Gasteiger partial charge in [0, 0.05) is 11.3 Å². The molecule has 3 rings (SSSR count). The van der Waals surface area contributed by atoms with E-state index in [4.69, 9.17) is 0 Å². The number of hydrogen-bond donors (Lipinski definition) is 3. The zero-order valence-corrected chi connectivity index (χ0v) is 11.0. The summed E-state index contributed by atoms with van der Waals surface area (Å²) in [5.41, 5.74) is 2.65. The largest absolute Gasteiger partial charge is 0.507 e. The second-order valence-electron chi connectivity index (χ2n) is 4.60. The molecule has 0 amide bonds. The van der Waals surface area contributed by atoms with Gasteiger partial charge in [-0.3, -0.25) is 0 Å².